The first kappa shape index (κ1) is 11.5. The molecule has 0 aliphatic rings. The Balaban J connectivity index is 2.81. The van der Waals surface area contributed by atoms with Crippen molar-refractivity contribution in [2.24, 2.45) is 0 Å². The lowest BCUT2D eigenvalue weighted by Gasteiger charge is -2.12. The standard InChI is InChI=1S/C8H9ClO4S/c9-3-4(10)7(11)5-1-2-6(14-5)8(12)13/h1-2,4,7,10-11H,3H2,(H,12,13). The summed E-state index contributed by atoms with van der Waals surface area (Å²) >= 11 is 6.27. The van der Waals surface area contributed by atoms with Crippen LogP contribution in [0.3, 0.4) is 0 Å². The van der Waals surface area contributed by atoms with E-state index in [0.717, 1.165) is 11.3 Å². The van der Waals surface area contributed by atoms with E-state index in [1.54, 1.807) is 0 Å². The van der Waals surface area contributed by atoms with Gasteiger partial charge in [-0.05, 0) is 12.1 Å². The van der Waals surface area contributed by atoms with Crippen LogP contribution in [0.1, 0.15) is 20.7 Å². The quantitative estimate of drug-likeness (QED) is 0.684. The van der Waals surface area contributed by atoms with Crippen LogP contribution in [0.5, 0.6) is 0 Å². The Morgan fingerprint density at radius 1 is 1.50 bits per heavy atom. The first-order valence-electron chi connectivity index (χ1n) is 3.81. The SMILES string of the molecule is O=C(O)c1ccc(C(O)C(O)CCl)s1. The topological polar surface area (TPSA) is 77.8 Å². The Kier molecular flexibility index (Phi) is 3.88. The lowest BCUT2D eigenvalue weighted by Crippen LogP contribution is -2.18. The average molecular weight is 237 g/mol. The minimum Gasteiger partial charge on any atom is -0.477 e. The number of aliphatic hydroxyl groups excluding tert-OH is 2. The number of aromatic carboxylic acids is 1. The Morgan fingerprint density at radius 2 is 2.14 bits per heavy atom. The summed E-state index contributed by atoms with van der Waals surface area (Å²) in [6.45, 7) is 0. The summed E-state index contributed by atoms with van der Waals surface area (Å²) in [5, 5.41) is 27.3. The van der Waals surface area contributed by atoms with Gasteiger partial charge in [0, 0.05) is 4.88 Å². The number of hydrogen-bond donors (Lipinski definition) is 3. The van der Waals surface area contributed by atoms with E-state index in [0.29, 0.717) is 4.88 Å². The van der Waals surface area contributed by atoms with Crippen LogP contribution < -0.4 is 0 Å². The third-order valence-electron chi connectivity index (χ3n) is 1.65. The number of alkyl halides is 1. The third kappa shape index (κ3) is 2.45. The molecule has 0 fully saturated rings. The predicted molar refractivity (Wildman–Crippen MR) is 53.0 cm³/mol. The molecule has 0 saturated carbocycles. The summed E-state index contributed by atoms with van der Waals surface area (Å²) in [5.41, 5.74) is 0. The molecule has 0 radical (unpaired) electrons. The van der Waals surface area contributed by atoms with Gasteiger partial charge >= 0.3 is 5.97 Å². The summed E-state index contributed by atoms with van der Waals surface area (Å²) in [7, 11) is 0. The van der Waals surface area contributed by atoms with E-state index >= 15 is 0 Å². The van der Waals surface area contributed by atoms with Crippen LogP contribution in [-0.2, 0) is 0 Å². The van der Waals surface area contributed by atoms with Crippen molar-refractivity contribution in [3.63, 3.8) is 0 Å². The number of hydrogen-bond acceptors (Lipinski definition) is 4. The summed E-state index contributed by atoms with van der Waals surface area (Å²) in [6.07, 6.45) is -2.19. The van der Waals surface area contributed by atoms with Gasteiger partial charge in [-0.2, -0.15) is 0 Å². The fraction of sp³-hybridized carbons (Fsp3) is 0.375. The van der Waals surface area contributed by atoms with E-state index < -0.39 is 18.2 Å². The first-order chi connectivity index (χ1) is 6.56. The fourth-order valence-corrected chi connectivity index (χ4v) is 1.96. The molecule has 1 aromatic rings. The maximum Gasteiger partial charge on any atom is 0.345 e. The van der Waals surface area contributed by atoms with Gasteiger partial charge in [0.25, 0.3) is 0 Å². The fourth-order valence-electron chi connectivity index (χ4n) is 0.901. The van der Waals surface area contributed by atoms with Crippen LogP contribution in [0.2, 0.25) is 0 Å². The number of carbonyl (C=O) groups is 1. The highest BCUT2D eigenvalue weighted by atomic mass is 35.5. The number of carboxylic acid groups (broad SMARTS) is 1. The van der Waals surface area contributed by atoms with Crippen LogP contribution in [0.15, 0.2) is 12.1 Å². The molecule has 1 heterocycles. The second kappa shape index (κ2) is 4.75. The van der Waals surface area contributed by atoms with Crippen molar-refractivity contribution in [2.45, 2.75) is 12.2 Å². The molecule has 3 N–H and O–H groups in total. The van der Waals surface area contributed by atoms with Crippen LogP contribution in [-0.4, -0.2) is 33.3 Å². The number of carboxylic acids is 1. The van der Waals surface area contributed by atoms with Gasteiger partial charge in [0.1, 0.15) is 11.0 Å². The monoisotopic (exact) mass is 236 g/mol. The second-order valence-electron chi connectivity index (χ2n) is 2.67. The van der Waals surface area contributed by atoms with E-state index in [1.165, 1.54) is 12.1 Å². The number of thiophene rings is 1. The van der Waals surface area contributed by atoms with E-state index in [1.807, 2.05) is 0 Å². The lowest BCUT2D eigenvalue weighted by molar-refractivity contribution is 0.0350. The van der Waals surface area contributed by atoms with Crippen molar-refractivity contribution < 1.29 is 20.1 Å². The Morgan fingerprint density at radius 3 is 2.57 bits per heavy atom. The molecular formula is C8H9ClO4S. The van der Waals surface area contributed by atoms with Crippen LogP contribution in [0, 0.1) is 0 Å². The Bertz CT molecular complexity index is 325. The van der Waals surface area contributed by atoms with Gasteiger partial charge in [-0.1, -0.05) is 0 Å². The van der Waals surface area contributed by atoms with E-state index in [9.17, 15) is 15.0 Å². The zero-order chi connectivity index (χ0) is 10.7. The molecule has 0 spiro atoms. The maximum absolute atomic E-state index is 10.5. The molecule has 2 unspecified atom stereocenters. The van der Waals surface area contributed by atoms with Crippen molar-refractivity contribution >= 4 is 28.9 Å². The van der Waals surface area contributed by atoms with Gasteiger partial charge in [-0.3, -0.25) is 0 Å². The molecule has 6 heteroatoms. The molecule has 4 nitrogen and oxygen atoms in total. The second-order valence-corrected chi connectivity index (χ2v) is 4.10. The highest BCUT2D eigenvalue weighted by molar-refractivity contribution is 7.14. The molecule has 1 aromatic heterocycles. The molecule has 0 bridgehead atoms. The normalized spacial score (nSPS) is 15.1. The summed E-state index contributed by atoms with van der Waals surface area (Å²) in [6, 6.07) is 2.85. The predicted octanol–water partition coefficient (Wildman–Crippen LogP) is 1.08. The number of halogens is 1. The molecular weight excluding hydrogens is 228 g/mol. The molecule has 0 aliphatic carbocycles. The van der Waals surface area contributed by atoms with Gasteiger partial charge < -0.3 is 15.3 Å². The number of aliphatic hydroxyl groups is 2. The van der Waals surface area contributed by atoms with Crippen molar-refractivity contribution in [1.82, 2.24) is 0 Å². The van der Waals surface area contributed by atoms with Crippen molar-refractivity contribution in [3.8, 4) is 0 Å². The smallest absolute Gasteiger partial charge is 0.345 e. The Labute approximate surface area is 89.4 Å². The summed E-state index contributed by atoms with van der Waals surface area (Å²) in [4.78, 5) is 11.0. The highest BCUT2D eigenvalue weighted by Crippen LogP contribution is 2.25. The third-order valence-corrected chi connectivity index (χ3v) is 3.11. The lowest BCUT2D eigenvalue weighted by atomic mass is 10.2. The minimum atomic E-state index is -1.12. The molecule has 14 heavy (non-hydrogen) atoms. The molecule has 78 valence electrons. The molecule has 0 saturated heterocycles. The molecule has 0 aromatic carbocycles. The molecule has 2 atom stereocenters. The van der Waals surface area contributed by atoms with E-state index in [-0.39, 0.29) is 10.8 Å². The molecule has 0 aliphatic heterocycles. The van der Waals surface area contributed by atoms with Gasteiger partial charge in [-0.15, -0.1) is 22.9 Å². The van der Waals surface area contributed by atoms with Crippen LogP contribution >= 0.6 is 22.9 Å². The minimum absolute atomic E-state index is 0.0958. The zero-order valence-corrected chi connectivity index (χ0v) is 8.63. The average Bonchev–Trinajstić information content (AvgIpc) is 2.64. The maximum atomic E-state index is 10.5. The first-order valence-corrected chi connectivity index (χ1v) is 5.16. The van der Waals surface area contributed by atoms with Gasteiger partial charge in [0.15, 0.2) is 0 Å². The van der Waals surface area contributed by atoms with Gasteiger partial charge in [-0.25, -0.2) is 4.79 Å². The summed E-state index contributed by atoms with van der Waals surface area (Å²) in [5.74, 6) is -1.14. The van der Waals surface area contributed by atoms with Crippen LogP contribution in [0.25, 0.3) is 0 Å². The molecule has 1 rings (SSSR count). The van der Waals surface area contributed by atoms with E-state index in [2.05, 4.69) is 0 Å². The molecule has 0 amide bonds. The van der Waals surface area contributed by atoms with Crippen molar-refractivity contribution in [1.29, 1.82) is 0 Å². The highest BCUT2D eigenvalue weighted by Gasteiger charge is 2.20. The van der Waals surface area contributed by atoms with Gasteiger partial charge in [0.05, 0.1) is 12.0 Å². The van der Waals surface area contributed by atoms with Crippen LogP contribution in [0.4, 0.5) is 0 Å². The summed E-state index contributed by atoms with van der Waals surface area (Å²) < 4.78 is 0. The van der Waals surface area contributed by atoms with E-state index in [4.69, 9.17) is 16.7 Å². The largest absolute Gasteiger partial charge is 0.477 e. The Hall–Kier alpha value is -0.620. The number of rotatable bonds is 4. The van der Waals surface area contributed by atoms with Crippen molar-refractivity contribution in [2.75, 3.05) is 5.88 Å². The van der Waals surface area contributed by atoms with Crippen molar-refractivity contribution in [3.05, 3.63) is 21.9 Å². The van der Waals surface area contributed by atoms with Gasteiger partial charge in [0.2, 0.25) is 0 Å². The zero-order valence-electron chi connectivity index (χ0n) is 7.05.